The molecule has 0 amide bonds. The van der Waals surface area contributed by atoms with Gasteiger partial charge in [0.1, 0.15) is 0 Å². The average molecular weight is 247 g/mol. The average Bonchev–Trinajstić information content (AvgIpc) is 2.42. The number of ether oxygens (including phenoxy) is 1. The number of rotatable bonds is 5. The van der Waals surface area contributed by atoms with Crippen molar-refractivity contribution in [1.82, 2.24) is 5.32 Å². The van der Waals surface area contributed by atoms with Crippen LogP contribution < -0.4 is 5.32 Å². The van der Waals surface area contributed by atoms with Crippen molar-refractivity contribution in [3.8, 4) is 0 Å². The summed E-state index contributed by atoms with van der Waals surface area (Å²) in [6, 6.07) is 10.8. The normalized spacial score (nSPS) is 25.9. The van der Waals surface area contributed by atoms with Crippen molar-refractivity contribution in [3.63, 3.8) is 0 Å². The monoisotopic (exact) mass is 247 g/mol. The summed E-state index contributed by atoms with van der Waals surface area (Å²) < 4.78 is 6.00. The van der Waals surface area contributed by atoms with Crippen LogP contribution in [-0.2, 0) is 4.74 Å². The highest BCUT2D eigenvalue weighted by atomic mass is 16.5. The molecule has 0 aliphatic carbocycles. The van der Waals surface area contributed by atoms with Gasteiger partial charge < -0.3 is 10.1 Å². The Morgan fingerprint density at radius 3 is 2.83 bits per heavy atom. The molecule has 3 atom stereocenters. The minimum atomic E-state index is 0.418. The van der Waals surface area contributed by atoms with E-state index < -0.39 is 0 Å². The van der Waals surface area contributed by atoms with Crippen LogP contribution in [0.1, 0.15) is 37.7 Å². The lowest BCUT2D eigenvalue weighted by molar-refractivity contribution is -0.0325. The molecule has 3 unspecified atom stereocenters. The van der Waals surface area contributed by atoms with E-state index in [0.717, 1.165) is 19.6 Å². The molecule has 1 N–H and O–H groups in total. The molecule has 1 fully saturated rings. The van der Waals surface area contributed by atoms with Gasteiger partial charge in [0.2, 0.25) is 0 Å². The van der Waals surface area contributed by atoms with Crippen molar-refractivity contribution in [2.24, 2.45) is 5.92 Å². The third kappa shape index (κ3) is 3.56. The predicted molar refractivity (Wildman–Crippen MR) is 75.9 cm³/mol. The lowest BCUT2D eigenvalue weighted by atomic mass is 9.86. The molecule has 18 heavy (non-hydrogen) atoms. The van der Waals surface area contributed by atoms with E-state index in [1.54, 1.807) is 0 Å². The molecule has 1 heterocycles. The van der Waals surface area contributed by atoms with E-state index >= 15 is 0 Å². The van der Waals surface area contributed by atoms with Crippen molar-refractivity contribution < 1.29 is 4.74 Å². The van der Waals surface area contributed by atoms with Crippen LogP contribution in [0.4, 0.5) is 0 Å². The molecular formula is C16H25NO. The highest BCUT2D eigenvalue weighted by Crippen LogP contribution is 2.29. The van der Waals surface area contributed by atoms with Crippen LogP contribution in [0.15, 0.2) is 30.3 Å². The fourth-order valence-corrected chi connectivity index (χ4v) is 2.92. The Hall–Kier alpha value is -0.860. The fourth-order valence-electron chi connectivity index (χ4n) is 2.92. The van der Waals surface area contributed by atoms with Crippen LogP contribution in [0.25, 0.3) is 0 Å². The molecule has 1 aliphatic heterocycles. The molecule has 0 radical (unpaired) electrons. The molecule has 1 aromatic rings. The highest BCUT2D eigenvalue weighted by molar-refractivity contribution is 5.18. The molecule has 1 aromatic carbocycles. The first-order valence-electron chi connectivity index (χ1n) is 7.12. The van der Waals surface area contributed by atoms with Crippen molar-refractivity contribution in [3.05, 3.63) is 35.9 Å². The Bertz CT molecular complexity index is 336. The molecule has 0 spiro atoms. The van der Waals surface area contributed by atoms with E-state index in [1.165, 1.54) is 18.4 Å². The molecule has 0 saturated carbocycles. The van der Waals surface area contributed by atoms with Crippen LogP contribution in [-0.4, -0.2) is 26.3 Å². The summed E-state index contributed by atoms with van der Waals surface area (Å²) in [6.07, 6.45) is 4.06. The Labute approximate surface area is 111 Å². The van der Waals surface area contributed by atoms with Gasteiger partial charge in [-0.15, -0.1) is 0 Å². The minimum absolute atomic E-state index is 0.418. The lowest BCUT2D eigenvalue weighted by Gasteiger charge is -2.33. The number of benzene rings is 1. The summed E-state index contributed by atoms with van der Waals surface area (Å²) in [5.41, 5.74) is 1.43. The van der Waals surface area contributed by atoms with Crippen LogP contribution in [0.2, 0.25) is 0 Å². The molecule has 2 nitrogen and oxygen atoms in total. The summed E-state index contributed by atoms with van der Waals surface area (Å²) in [4.78, 5) is 0. The van der Waals surface area contributed by atoms with E-state index in [2.05, 4.69) is 42.6 Å². The van der Waals surface area contributed by atoms with Crippen LogP contribution >= 0.6 is 0 Å². The molecule has 2 rings (SSSR count). The van der Waals surface area contributed by atoms with Gasteiger partial charge in [-0.25, -0.2) is 0 Å². The summed E-state index contributed by atoms with van der Waals surface area (Å²) in [7, 11) is 2.03. The summed E-state index contributed by atoms with van der Waals surface area (Å²) >= 11 is 0. The Balaban J connectivity index is 1.94. The van der Waals surface area contributed by atoms with Crippen LogP contribution in [0.5, 0.6) is 0 Å². The van der Waals surface area contributed by atoms with Crippen molar-refractivity contribution >= 4 is 0 Å². The van der Waals surface area contributed by atoms with Gasteiger partial charge in [0.25, 0.3) is 0 Å². The number of hydrogen-bond donors (Lipinski definition) is 1. The third-order valence-corrected chi connectivity index (χ3v) is 4.00. The first kappa shape index (κ1) is 13.6. The van der Waals surface area contributed by atoms with E-state index in [-0.39, 0.29) is 0 Å². The van der Waals surface area contributed by atoms with Crippen molar-refractivity contribution in [2.75, 3.05) is 20.2 Å². The smallest absolute Gasteiger partial charge is 0.0621 e. The summed E-state index contributed by atoms with van der Waals surface area (Å²) in [5, 5.41) is 3.30. The maximum absolute atomic E-state index is 6.00. The molecule has 1 aliphatic rings. The molecule has 100 valence electrons. The zero-order valence-electron chi connectivity index (χ0n) is 11.6. The van der Waals surface area contributed by atoms with Crippen molar-refractivity contribution in [1.29, 1.82) is 0 Å². The van der Waals surface area contributed by atoms with Crippen LogP contribution in [0.3, 0.4) is 0 Å². The van der Waals surface area contributed by atoms with E-state index in [0.29, 0.717) is 17.9 Å². The van der Waals surface area contributed by atoms with Crippen LogP contribution in [0, 0.1) is 5.92 Å². The van der Waals surface area contributed by atoms with E-state index in [4.69, 9.17) is 4.74 Å². The highest BCUT2D eigenvalue weighted by Gasteiger charge is 2.27. The van der Waals surface area contributed by atoms with Gasteiger partial charge in [0, 0.05) is 13.2 Å². The van der Waals surface area contributed by atoms with Gasteiger partial charge in [0.05, 0.1) is 6.10 Å². The fraction of sp³-hybridized carbons (Fsp3) is 0.625. The van der Waals surface area contributed by atoms with Crippen molar-refractivity contribution in [2.45, 2.75) is 38.2 Å². The molecule has 2 heteroatoms. The third-order valence-electron chi connectivity index (χ3n) is 4.00. The first-order chi connectivity index (χ1) is 8.81. The predicted octanol–water partition coefficient (Wildman–Crippen LogP) is 3.19. The van der Waals surface area contributed by atoms with Gasteiger partial charge in [-0.3, -0.25) is 0 Å². The quantitative estimate of drug-likeness (QED) is 0.862. The largest absolute Gasteiger partial charge is 0.378 e. The zero-order chi connectivity index (χ0) is 12.8. The zero-order valence-corrected chi connectivity index (χ0v) is 11.6. The second kappa shape index (κ2) is 6.91. The second-order valence-electron chi connectivity index (χ2n) is 5.42. The van der Waals surface area contributed by atoms with E-state index in [1.807, 2.05) is 7.05 Å². The van der Waals surface area contributed by atoms with Gasteiger partial charge in [-0.05, 0) is 43.7 Å². The topological polar surface area (TPSA) is 21.3 Å². The minimum Gasteiger partial charge on any atom is -0.378 e. The van der Waals surface area contributed by atoms with Gasteiger partial charge in [0.15, 0.2) is 0 Å². The summed E-state index contributed by atoms with van der Waals surface area (Å²) in [5.74, 6) is 1.25. The standard InChI is InChI=1S/C16H25NO/c1-13(14-7-4-3-5-8-14)11-16-15(12-17-2)9-6-10-18-16/h3-5,7-8,13,15-17H,6,9-12H2,1-2H3. The maximum atomic E-state index is 6.00. The van der Waals surface area contributed by atoms with Gasteiger partial charge in [-0.1, -0.05) is 37.3 Å². The number of hydrogen-bond acceptors (Lipinski definition) is 2. The molecular weight excluding hydrogens is 222 g/mol. The Kier molecular flexibility index (Phi) is 5.21. The molecule has 0 aromatic heterocycles. The van der Waals surface area contributed by atoms with E-state index in [9.17, 15) is 0 Å². The lowest BCUT2D eigenvalue weighted by Crippen LogP contribution is -2.36. The number of nitrogens with one attached hydrogen (secondary N) is 1. The molecule has 1 saturated heterocycles. The SMILES string of the molecule is CNCC1CCCOC1CC(C)c1ccccc1. The second-order valence-corrected chi connectivity index (χ2v) is 5.42. The Morgan fingerprint density at radius 1 is 1.33 bits per heavy atom. The summed E-state index contributed by atoms with van der Waals surface area (Å²) in [6.45, 7) is 4.32. The molecule has 0 bridgehead atoms. The van der Waals surface area contributed by atoms with Gasteiger partial charge in [-0.2, -0.15) is 0 Å². The Morgan fingerprint density at radius 2 is 2.11 bits per heavy atom. The maximum Gasteiger partial charge on any atom is 0.0621 e. The first-order valence-corrected chi connectivity index (χ1v) is 7.12. The van der Waals surface area contributed by atoms with Gasteiger partial charge >= 0.3 is 0 Å².